The fraction of sp³-hybridized carbons (Fsp3) is 0.250. The lowest BCUT2D eigenvalue weighted by Gasteiger charge is -2.19. The second-order valence-electron chi connectivity index (χ2n) is 8.88. The van der Waals surface area contributed by atoms with E-state index in [9.17, 15) is 9.90 Å². The third-order valence-electron chi connectivity index (χ3n) is 5.11. The molecule has 0 fully saturated rings. The predicted molar refractivity (Wildman–Crippen MR) is 132 cm³/mol. The molecule has 8 heteroatoms. The van der Waals surface area contributed by atoms with E-state index in [-0.39, 0.29) is 5.41 Å². The molecule has 4 rings (SSSR count). The molecule has 0 radical (unpaired) electrons. The van der Waals surface area contributed by atoms with Crippen molar-refractivity contribution < 1.29 is 9.90 Å². The van der Waals surface area contributed by atoms with Crippen molar-refractivity contribution in [3.63, 3.8) is 0 Å². The molecule has 32 heavy (non-hydrogen) atoms. The number of hydrogen-bond acceptors (Lipinski definition) is 4. The van der Waals surface area contributed by atoms with Crippen LogP contribution in [0.5, 0.6) is 0 Å². The maximum absolute atomic E-state index is 11.6. The number of carbonyl (C=O) groups is 1. The van der Waals surface area contributed by atoms with Crippen molar-refractivity contribution in [1.82, 2.24) is 19.7 Å². The molecule has 0 amide bonds. The van der Waals surface area contributed by atoms with Gasteiger partial charge in [-0.05, 0) is 60.0 Å². The number of aromatic carboxylic acids is 1. The highest BCUT2D eigenvalue weighted by molar-refractivity contribution is 9.11. The second kappa shape index (κ2) is 8.75. The normalized spacial score (nSPS) is 11.8. The van der Waals surface area contributed by atoms with Crippen LogP contribution in [0.15, 0.2) is 57.7 Å². The first kappa shape index (κ1) is 22.6. The Hall–Kier alpha value is -2.58. The fourth-order valence-corrected chi connectivity index (χ4v) is 4.54. The summed E-state index contributed by atoms with van der Waals surface area (Å²) >= 11 is 7.02. The monoisotopic (exact) mass is 556 g/mol. The van der Waals surface area contributed by atoms with Gasteiger partial charge < -0.3 is 9.67 Å². The second-order valence-corrected chi connectivity index (χ2v) is 10.4. The van der Waals surface area contributed by atoms with Crippen molar-refractivity contribution in [2.75, 3.05) is 0 Å². The van der Waals surface area contributed by atoms with Crippen LogP contribution in [0, 0.1) is 5.41 Å². The van der Waals surface area contributed by atoms with Gasteiger partial charge in [0.1, 0.15) is 16.9 Å². The third kappa shape index (κ3) is 4.61. The number of carboxylic acids is 1. The molecule has 2 aromatic heterocycles. The van der Waals surface area contributed by atoms with Gasteiger partial charge in [0.2, 0.25) is 0 Å². The topological polar surface area (TPSA) is 80.9 Å². The van der Waals surface area contributed by atoms with E-state index < -0.39 is 5.97 Å². The summed E-state index contributed by atoms with van der Waals surface area (Å²) in [6.45, 7) is 7.17. The third-order valence-corrected chi connectivity index (χ3v) is 6.18. The zero-order valence-electron chi connectivity index (χ0n) is 17.9. The highest BCUT2D eigenvalue weighted by atomic mass is 79.9. The molecular weight excluding hydrogens is 536 g/mol. The molecule has 0 aliphatic carbocycles. The first-order valence-corrected chi connectivity index (χ1v) is 11.7. The first-order chi connectivity index (χ1) is 15.1. The average molecular weight is 558 g/mol. The minimum absolute atomic E-state index is 0.0589. The Kier molecular flexibility index (Phi) is 6.18. The van der Waals surface area contributed by atoms with Crippen molar-refractivity contribution in [1.29, 1.82) is 0 Å². The van der Waals surface area contributed by atoms with Crippen LogP contribution in [0.25, 0.3) is 22.2 Å². The molecule has 6 nitrogen and oxygen atoms in total. The molecule has 0 bridgehead atoms. The predicted octanol–water partition coefficient (Wildman–Crippen LogP) is 6.35. The van der Waals surface area contributed by atoms with Gasteiger partial charge in [0, 0.05) is 13.0 Å². The molecule has 2 heterocycles. The molecule has 2 aromatic carbocycles. The van der Waals surface area contributed by atoms with Crippen LogP contribution in [0.4, 0.5) is 0 Å². The lowest BCUT2D eigenvalue weighted by atomic mass is 9.92. The number of benzene rings is 2. The van der Waals surface area contributed by atoms with Gasteiger partial charge >= 0.3 is 5.97 Å². The fourth-order valence-electron chi connectivity index (χ4n) is 3.71. The minimum atomic E-state index is -0.932. The van der Waals surface area contributed by atoms with Gasteiger partial charge in [-0.15, -0.1) is 10.2 Å². The molecule has 0 saturated heterocycles. The molecular formula is C24H22Br2N4O2. The Balaban J connectivity index is 1.75. The molecule has 0 spiro atoms. The van der Waals surface area contributed by atoms with Crippen molar-refractivity contribution in [2.45, 2.75) is 33.7 Å². The summed E-state index contributed by atoms with van der Waals surface area (Å²) in [6.07, 6.45) is 0.796. The number of carboxylic acid groups (broad SMARTS) is 1. The van der Waals surface area contributed by atoms with Crippen molar-refractivity contribution in [3.8, 4) is 11.1 Å². The van der Waals surface area contributed by atoms with Crippen LogP contribution in [0.1, 0.15) is 42.5 Å². The summed E-state index contributed by atoms with van der Waals surface area (Å²) < 4.78 is 3.44. The van der Waals surface area contributed by atoms with Gasteiger partial charge in [0.25, 0.3) is 0 Å². The Labute approximate surface area is 203 Å². The molecule has 164 valence electrons. The molecule has 0 atom stereocenters. The summed E-state index contributed by atoms with van der Waals surface area (Å²) in [5.74, 6) is 0.0296. The number of halogens is 2. The summed E-state index contributed by atoms with van der Waals surface area (Å²) in [5, 5.41) is 17.8. The lowest BCUT2D eigenvalue weighted by molar-refractivity contribution is 0.0697. The number of imidazole rings is 1. The van der Waals surface area contributed by atoms with Gasteiger partial charge in [0.05, 0.1) is 5.56 Å². The Bertz CT molecular complexity index is 1310. The van der Waals surface area contributed by atoms with E-state index in [0.29, 0.717) is 26.9 Å². The van der Waals surface area contributed by atoms with Gasteiger partial charge in [-0.1, -0.05) is 63.2 Å². The Morgan fingerprint density at radius 1 is 1.00 bits per heavy atom. The van der Waals surface area contributed by atoms with E-state index in [1.807, 2.05) is 36.4 Å². The van der Waals surface area contributed by atoms with E-state index in [1.54, 1.807) is 12.1 Å². The minimum Gasteiger partial charge on any atom is -0.478 e. The quantitative estimate of drug-likeness (QED) is 0.309. The molecule has 0 unspecified atom stereocenters. The Morgan fingerprint density at radius 2 is 1.66 bits per heavy atom. The summed E-state index contributed by atoms with van der Waals surface area (Å²) in [4.78, 5) is 16.4. The summed E-state index contributed by atoms with van der Waals surface area (Å²) in [6, 6.07) is 15.0. The zero-order chi connectivity index (χ0) is 23.0. The maximum Gasteiger partial charge on any atom is 0.336 e. The van der Waals surface area contributed by atoms with Crippen molar-refractivity contribution in [2.24, 2.45) is 5.41 Å². The van der Waals surface area contributed by atoms with Crippen molar-refractivity contribution >= 4 is 48.9 Å². The lowest BCUT2D eigenvalue weighted by Crippen LogP contribution is -2.15. The van der Waals surface area contributed by atoms with Crippen LogP contribution in [-0.2, 0) is 13.0 Å². The number of aromatic nitrogens is 4. The molecule has 0 aliphatic heterocycles. The standard InChI is InChI=1S/C24H22Br2N4O2/c1-24(2,3)12-18-27-19-20(22(26)29-28-21(19)25)30(18)13-14-8-10-15(11-9-14)16-6-4-5-7-17(16)23(31)32/h4-11H,12-13H2,1-3H3,(H,31,32). The van der Waals surface area contributed by atoms with E-state index in [1.165, 1.54) is 0 Å². The van der Waals surface area contributed by atoms with Crippen molar-refractivity contribution in [3.05, 3.63) is 74.7 Å². The van der Waals surface area contributed by atoms with Gasteiger partial charge in [-0.25, -0.2) is 9.78 Å². The number of hydrogen-bond donors (Lipinski definition) is 1. The number of nitrogens with zero attached hydrogens (tertiary/aromatic N) is 4. The molecule has 1 N–H and O–H groups in total. The SMILES string of the molecule is CC(C)(C)Cc1nc2c(Br)nnc(Br)c2n1Cc1ccc(-c2ccccc2C(=O)O)cc1. The van der Waals surface area contributed by atoms with E-state index >= 15 is 0 Å². The average Bonchev–Trinajstić information content (AvgIpc) is 3.09. The highest BCUT2D eigenvalue weighted by Crippen LogP contribution is 2.31. The smallest absolute Gasteiger partial charge is 0.336 e. The Morgan fingerprint density at radius 3 is 2.31 bits per heavy atom. The molecule has 0 saturated carbocycles. The van der Waals surface area contributed by atoms with E-state index in [2.05, 4.69) is 67.4 Å². The van der Waals surface area contributed by atoms with Gasteiger partial charge in [0.15, 0.2) is 9.21 Å². The highest BCUT2D eigenvalue weighted by Gasteiger charge is 2.22. The maximum atomic E-state index is 11.6. The van der Waals surface area contributed by atoms with Gasteiger partial charge in [-0.3, -0.25) is 0 Å². The van der Waals surface area contributed by atoms with E-state index in [4.69, 9.17) is 4.98 Å². The van der Waals surface area contributed by atoms with Crippen LogP contribution >= 0.6 is 31.9 Å². The van der Waals surface area contributed by atoms with Crippen LogP contribution in [0.3, 0.4) is 0 Å². The van der Waals surface area contributed by atoms with E-state index in [0.717, 1.165) is 34.4 Å². The zero-order valence-corrected chi connectivity index (χ0v) is 21.1. The molecule has 4 aromatic rings. The number of fused-ring (bicyclic) bond motifs is 1. The van der Waals surface area contributed by atoms with Gasteiger partial charge in [-0.2, -0.15) is 0 Å². The summed E-state index contributed by atoms with van der Waals surface area (Å²) in [7, 11) is 0. The largest absolute Gasteiger partial charge is 0.478 e. The first-order valence-electron chi connectivity index (χ1n) is 10.1. The number of rotatable bonds is 5. The molecule has 0 aliphatic rings. The summed E-state index contributed by atoms with van der Waals surface area (Å²) in [5.41, 5.74) is 4.67. The van der Waals surface area contributed by atoms with Crippen LogP contribution < -0.4 is 0 Å². The van der Waals surface area contributed by atoms with Crippen LogP contribution in [0.2, 0.25) is 0 Å². The van der Waals surface area contributed by atoms with Crippen LogP contribution in [-0.4, -0.2) is 30.8 Å².